The van der Waals surface area contributed by atoms with E-state index >= 15 is 0 Å². The Morgan fingerprint density at radius 3 is 2.86 bits per heavy atom. The molecule has 0 amide bonds. The second kappa shape index (κ2) is 5.79. The molecule has 1 heterocycles. The summed E-state index contributed by atoms with van der Waals surface area (Å²) in [5.41, 5.74) is 1.40. The first-order chi connectivity index (χ1) is 10.6. The van der Waals surface area contributed by atoms with Gasteiger partial charge in [-0.25, -0.2) is 4.79 Å². The maximum atomic E-state index is 11.4. The van der Waals surface area contributed by atoms with Crippen molar-refractivity contribution < 1.29 is 14.5 Å². The first kappa shape index (κ1) is 14.6. The molecule has 6 heteroatoms. The summed E-state index contributed by atoms with van der Waals surface area (Å²) >= 11 is 0. The van der Waals surface area contributed by atoms with Crippen molar-refractivity contribution in [1.82, 2.24) is 0 Å². The Balaban J connectivity index is 1.89. The van der Waals surface area contributed by atoms with Gasteiger partial charge in [0, 0.05) is 24.7 Å². The van der Waals surface area contributed by atoms with Crippen LogP contribution in [0.5, 0.6) is 0 Å². The number of nitro benzene ring substituents is 1. The molecule has 22 heavy (non-hydrogen) atoms. The zero-order valence-electron chi connectivity index (χ0n) is 12.4. The lowest BCUT2D eigenvalue weighted by molar-refractivity contribution is -0.384. The Kier molecular flexibility index (Phi) is 3.83. The fraction of sp³-hybridized carbons (Fsp3) is 0.438. The van der Waals surface area contributed by atoms with E-state index in [4.69, 9.17) is 0 Å². The number of nitrogens with zero attached hydrogens (tertiary/aromatic N) is 2. The molecule has 6 nitrogen and oxygen atoms in total. The van der Waals surface area contributed by atoms with E-state index in [1.807, 2.05) is 0 Å². The summed E-state index contributed by atoms with van der Waals surface area (Å²) in [6.45, 7) is 0.906. The maximum Gasteiger partial charge on any atom is 0.330 e. The van der Waals surface area contributed by atoms with Gasteiger partial charge in [0.15, 0.2) is 0 Å². The lowest BCUT2D eigenvalue weighted by Gasteiger charge is -2.28. The third-order valence-electron chi connectivity index (χ3n) is 4.53. The van der Waals surface area contributed by atoms with Crippen molar-refractivity contribution in [2.24, 2.45) is 5.92 Å². The van der Waals surface area contributed by atoms with Crippen LogP contribution in [-0.2, 0) is 9.53 Å². The molecule has 2 unspecified atom stereocenters. The molecule has 2 fully saturated rings. The molecule has 0 spiro atoms. The average Bonchev–Trinajstić information content (AvgIpc) is 3.15. The number of carbonyl (C=O) groups is 1. The molecule has 1 aromatic rings. The summed E-state index contributed by atoms with van der Waals surface area (Å²) in [5, 5.41) is 11.4. The topological polar surface area (TPSA) is 72.7 Å². The number of nitro groups is 1. The SMILES string of the molecule is COC(=O)/C=C/c1ccc(N2CC3CCC2C3)c([N+](=O)[O-])c1. The van der Waals surface area contributed by atoms with E-state index in [1.54, 1.807) is 12.1 Å². The summed E-state index contributed by atoms with van der Waals surface area (Å²) < 4.78 is 4.52. The molecule has 2 atom stereocenters. The molecule has 0 N–H and O–H groups in total. The third kappa shape index (κ3) is 2.68. The van der Waals surface area contributed by atoms with Gasteiger partial charge < -0.3 is 9.64 Å². The first-order valence-electron chi connectivity index (χ1n) is 7.39. The Hall–Kier alpha value is -2.37. The minimum atomic E-state index is -0.483. The van der Waals surface area contributed by atoms with E-state index in [0.29, 0.717) is 23.2 Å². The highest BCUT2D eigenvalue weighted by molar-refractivity contribution is 5.87. The molecule has 116 valence electrons. The largest absolute Gasteiger partial charge is 0.466 e. The van der Waals surface area contributed by atoms with Gasteiger partial charge in [0.2, 0.25) is 0 Å². The van der Waals surface area contributed by atoms with Crippen LogP contribution in [0.2, 0.25) is 0 Å². The van der Waals surface area contributed by atoms with Crippen molar-refractivity contribution >= 4 is 23.4 Å². The molecule has 3 rings (SSSR count). The van der Waals surface area contributed by atoms with Gasteiger partial charge in [-0.05, 0) is 42.9 Å². The lowest BCUT2D eigenvalue weighted by atomic mass is 10.1. The van der Waals surface area contributed by atoms with Crippen LogP contribution in [0.4, 0.5) is 11.4 Å². The zero-order chi connectivity index (χ0) is 15.7. The fourth-order valence-electron chi connectivity index (χ4n) is 3.49. The first-order valence-corrected chi connectivity index (χ1v) is 7.39. The number of methoxy groups -OCH3 is 1. The third-order valence-corrected chi connectivity index (χ3v) is 4.53. The Morgan fingerprint density at radius 2 is 2.27 bits per heavy atom. The van der Waals surface area contributed by atoms with E-state index in [-0.39, 0.29) is 10.6 Å². The maximum absolute atomic E-state index is 11.4. The molecule has 1 aliphatic heterocycles. The van der Waals surface area contributed by atoms with Crippen molar-refractivity contribution in [3.8, 4) is 0 Å². The molecule has 2 bridgehead atoms. The molecular weight excluding hydrogens is 284 g/mol. The van der Waals surface area contributed by atoms with Crippen LogP contribution in [0, 0.1) is 16.0 Å². The minimum Gasteiger partial charge on any atom is -0.466 e. The van der Waals surface area contributed by atoms with Crippen LogP contribution in [0.15, 0.2) is 24.3 Å². The summed E-state index contributed by atoms with van der Waals surface area (Å²) in [6.07, 6.45) is 6.27. The molecular formula is C16H18N2O4. The zero-order valence-corrected chi connectivity index (χ0v) is 12.4. The fourth-order valence-corrected chi connectivity index (χ4v) is 3.49. The van der Waals surface area contributed by atoms with Crippen molar-refractivity contribution in [2.75, 3.05) is 18.6 Å². The van der Waals surface area contributed by atoms with Gasteiger partial charge in [-0.2, -0.15) is 0 Å². The van der Waals surface area contributed by atoms with Gasteiger partial charge in [0.25, 0.3) is 5.69 Å². The van der Waals surface area contributed by atoms with Gasteiger partial charge in [-0.15, -0.1) is 0 Å². The van der Waals surface area contributed by atoms with E-state index in [1.165, 1.54) is 31.7 Å². The Labute approximate surface area is 128 Å². The number of fused-ring (bicyclic) bond motifs is 2. The second-order valence-electron chi connectivity index (χ2n) is 5.85. The molecule has 2 aliphatic rings. The molecule has 0 aromatic heterocycles. The van der Waals surface area contributed by atoms with E-state index in [9.17, 15) is 14.9 Å². The molecule has 1 saturated heterocycles. The molecule has 1 saturated carbocycles. The predicted octanol–water partition coefficient (Wildman–Crippen LogP) is 2.77. The van der Waals surface area contributed by atoms with Crippen molar-refractivity contribution in [3.05, 3.63) is 40.0 Å². The number of piperidine rings is 1. The van der Waals surface area contributed by atoms with E-state index < -0.39 is 5.97 Å². The highest BCUT2D eigenvalue weighted by Crippen LogP contribution is 2.43. The van der Waals surface area contributed by atoms with Crippen LogP contribution >= 0.6 is 0 Å². The number of carbonyl (C=O) groups excluding carboxylic acids is 1. The van der Waals surface area contributed by atoms with Gasteiger partial charge in [0.1, 0.15) is 5.69 Å². The van der Waals surface area contributed by atoms with Crippen molar-refractivity contribution in [1.29, 1.82) is 0 Å². The normalized spacial score (nSPS) is 23.2. The minimum absolute atomic E-state index is 0.0968. The standard InChI is InChI=1S/C16H18N2O4/c1-22-16(19)7-4-11-3-6-14(15(9-11)18(20)21)17-10-12-2-5-13(17)8-12/h3-4,6-7,9,12-13H,2,5,8,10H2,1H3/b7-4+. The average molecular weight is 302 g/mol. The number of ether oxygens (including phenoxy) is 1. The van der Waals surface area contributed by atoms with Crippen molar-refractivity contribution in [3.63, 3.8) is 0 Å². The van der Waals surface area contributed by atoms with Gasteiger partial charge in [-0.1, -0.05) is 6.07 Å². The summed E-state index contributed by atoms with van der Waals surface area (Å²) in [4.78, 5) is 24.3. The van der Waals surface area contributed by atoms with E-state index in [2.05, 4.69) is 9.64 Å². The quantitative estimate of drug-likeness (QED) is 0.370. The molecule has 1 aliphatic carbocycles. The highest BCUT2D eigenvalue weighted by Gasteiger charge is 2.39. The smallest absolute Gasteiger partial charge is 0.330 e. The van der Waals surface area contributed by atoms with Gasteiger partial charge in [0.05, 0.1) is 12.0 Å². The predicted molar refractivity (Wildman–Crippen MR) is 82.6 cm³/mol. The highest BCUT2D eigenvalue weighted by atomic mass is 16.6. The van der Waals surface area contributed by atoms with Crippen molar-refractivity contribution in [2.45, 2.75) is 25.3 Å². The van der Waals surface area contributed by atoms with Crippen LogP contribution in [0.25, 0.3) is 6.08 Å². The number of hydrogen-bond acceptors (Lipinski definition) is 5. The number of hydrogen-bond donors (Lipinski definition) is 0. The second-order valence-corrected chi connectivity index (χ2v) is 5.85. The Bertz CT molecular complexity index is 641. The van der Waals surface area contributed by atoms with Crippen LogP contribution < -0.4 is 4.90 Å². The number of esters is 1. The van der Waals surface area contributed by atoms with Crippen LogP contribution in [-0.4, -0.2) is 30.6 Å². The molecule has 1 aromatic carbocycles. The summed E-state index contributed by atoms with van der Waals surface area (Å²) in [5.74, 6) is 0.187. The summed E-state index contributed by atoms with van der Waals surface area (Å²) in [6, 6.07) is 5.53. The number of rotatable bonds is 4. The van der Waals surface area contributed by atoms with Crippen LogP contribution in [0.3, 0.4) is 0 Å². The molecule has 0 radical (unpaired) electrons. The van der Waals surface area contributed by atoms with E-state index in [0.717, 1.165) is 19.4 Å². The summed E-state index contributed by atoms with van der Waals surface area (Å²) in [7, 11) is 1.29. The van der Waals surface area contributed by atoms with Gasteiger partial charge >= 0.3 is 5.97 Å². The number of anilines is 1. The van der Waals surface area contributed by atoms with Crippen LogP contribution in [0.1, 0.15) is 24.8 Å². The Morgan fingerprint density at radius 1 is 1.45 bits per heavy atom. The lowest BCUT2D eigenvalue weighted by Crippen LogP contribution is -2.32. The number of benzene rings is 1. The van der Waals surface area contributed by atoms with Gasteiger partial charge in [-0.3, -0.25) is 10.1 Å². The monoisotopic (exact) mass is 302 g/mol.